The van der Waals surface area contributed by atoms with Crippen LogP contribution in [0.2, 0.25) is 0 Å². The molecule has 0 aromatic heterocycles. The Balaban J connectivity index is 1.17. The van der Waals surface area contributed by atoms with Crippen LogP contribution in [0.25, 0.3) is 0 Å². The molecule has 1 N–H and O–H groups in total. The van der Waals surface area contributed by atoms with E-state index in [9.17, 15) is 19.5 Å². The van der Waals surface area contributed by atoms with Gasteiger partial charge in [0.15, 0.2) is 0 Å². The minimum Gasteiger partial charge on any atom is -0.478 e. The van der Waals surface area contributed by atoms with Gasteiger partial charge in [-0.25, -0.2) is 9.59 Å². The predicted molar refractivity (Wildman–Crippen MR) is 167 cm³/mol. The number of esters is 2. The highest BCUT2D eigenvalue weighted by atomic mass is 16.6. The second-order valence-corrected chi connectivity index (χ2v) is 17.8. The standard InChI is InChI=1S/C38H52O6/c1-33(2)18-20-38-21-19-36(6)24(28(38)29(33)44-32(38)42)12-13-26-35(5)16-15-27(34(3,4)25(35)14-17-37(26,36)7)43-31(41)23-11-9-8-10-22(23)30(39)40/h8-11,24-29H,12-21H2,1-7H3,(H,39,40)/t24?,25-,26-,27-,28-,29+,35-,36-,37+,38-/m1/s1. The molecule has 6 fully saturated rings. The van der Waals surface area contributed by atoms with E-state index in [-0.39, 0.29) is 61.8 Å². The van der Waals surface area contributed by atoms with E-state index >= 15 is 0 Å². The number of benzene rings is 1. The van der Waals surface area contributed by atoms with Gasteiger partial charge in [0.1, 0.15) is 12.2 Å². The van der Waals surface area contributed by atoms with Gasteiger partial charge in [0.25, 0.3) is 0 Å². The zero-order valence-corrected chi connectivity index (χ0v) is 27.8. The first-order valence-electron chi connectivity index (χ1n) is 17.3. The van der Waals surface area contributed by atoms with Gasteiger partial charge in [0.2, 0.25) is 0 Å². The van der Waals surface area contributed by atoms with Crippen molar-refractivity contribution in [3.63, 3.8) is 0 Å². The first-order valence-corrected chi connectivity index (χ1v) is 17.3. The summed E-state index contributed by atoms with van der Waals surface area (Å²) in [6.45, 7) is 16.9. The Morgan fingerprint density at radius 2 is 1.48 bits per heavy atom. The summed E-state index contributed by atoms with van der Waals surface area (Å²) in [4.78, 5) is 38.7. The second-order valence-electron chi connectivity index (χ2n) is 17.8. The van der Waals surface area contributed by atoms with Gasteiger partial charge in [-0.05, 0) is 110 Å². The Kier molecular flexibility index (Phi) is 6.43. The van der Waals surface area contributed by atoms with Gasteiger partial charge in [0.05, 0.1) is 16.5 Å². The summed E-state index contributed by atoms with van der Waals surface area (Å²) in [5.41, 5.74) is 0.109. The van der Waals surface area contributed by atoms with Gasteiger partial charge < -0.3 is 14.6 Å². The molecule has 1 heterocycles. The molecule has 6 heteroatoms. The molecule has 0 spiro atoms. The number of carboxylic acids is 1. The normalized spacial score (nSPS) is 46.4. The third-order valence-electron chi connectivity index (χ3n) is 15.6. The number of rotatable bonds is 3. The van der Waals surface area contributed by atoms with E-state index in [1.807, 2.05) is 0 Å². The minimum absolute atomic E-state index is 0.00876. The lowest BCUT2D eigenvalue weighted by Crippen LogP contribution is -2.68. The summed E-state index contributed by atoms with van der Waals surface area (Å²) >= 11 is 0. The summed E-state index contributed by atoms with van der Waals surface area (Å²) in [6.07, 6.45) is 10.3. The summed E-state index contributed by atoms with van der Waals surface area (Å²) in [5, 5.41) is 9.65. The summed E-state index contributed by atoms with van der Waals surface area (Å²) < 4.78 is 12.5. The van der Waals surface area contributed by atoms with Crippen LogP contribution in [0.1, 0.15) is 133 Å². The Bertz CT molecular complexity index is 1410. The van der Waals surface area contributed by atoms with Crippen LogP contribution in [0, 0.1) is 56.2 Å². The van der Waals surface area contributed by atoms with E-state index in [4.69, 9.17) is 9.47 Å². The van der Waals surface area contributed by atoms with Crippen molar-refractivity contribution in [2.45, 2.75) is 125 Å². The van der Waals surface area contributed by atoms with Crippen LogP contribution in [0.4, 0.5) is 0 Å². The number of ether oxygens (including phenoxy) is 2. The van der Waals surface area contributed by atoms with Crippen molar-refractivity contribution < 1.29 is 29.0 Å². The van der Waals surface area contributed by atoms with Crippen molar-refractivity contribution in [1.29, 1.82) is 0 Å². The number of hydrogen-bond donors (Lipinski definition) is 1. The number of aromatic carboxylic acids is 1. The quantitative estimate of drug-likeness (QED) is 0.349. The Hall–Kier alpha value is -2.37. The largest absolute Gasteiger partial charge is 0.478 e. The van der Waals surface area contributed by atoms with Crippen molar-refractivity contribution in [1.82, 2.24) is 0 Å². The highest BCUT2D eigenvalue weighted by Gasteiger charge is 2.75. The molecule has 5 saturated carbocycles. The number of carbonyl (C=O) groups excluding carboxylic acids is 2. The van der Waals surface area contributed by atoms with E-state index in [0.717, 1.165) is 51.4 Å². The molecule has 240 valence electrons. The lowest BCUT2D eigenvalue weighted by atomic mass is 9.31. The fourth-order valence-electron chi connectivity index (χ4n) is 13.1. The molecule has 6 nitrogen and oxygen atoms in total. The van der Waals surface area contributed by atoms with Crippen molar-refractivity contribution in [2.75, 3.05) is 0 Å². The van der Waals surface area contributed by atoms with Gasteiger partial charge in [-0.15, -0.1) is 0 Å². The van der Waals surface area contributed by atoms with Gasteiger partial charge >= 0.3 is 17.9 Å². The number of hydrogen-bond acceptors (Lipinski definition) is 5. The molecule has 1 aromatic carbocycles. The molecular weight excluding hydrogens is 552 g/mol. The third-order valence-corrected chi connectivity index (χ3v) is 15.6. The van der Waals surface area contributed by atoms with Crippen molar-refractivity contribution in [3.05, 3.63) is 35.4 Å². The number of carboxylic acid groups (broad SMARTS) is 1. The molecule has 6 aliphatic rings. The first kappa shape index (κ1) is 30.3. The predicted octanol–water partition coefficient (Wildman–Crippen LogP) is 8.33. The van der Waals surface area contributed by atoms with Crippen LogP contribution in [-0.2, 0) is 14.3 Å². The van der Waals surface area contributed by atoms with Crippen molar-refractivity contribution in [2.24, 2.45) is 56.2 Å². The lowest BCUT2D eigenvalue weighted by Gasteiger charge is -2.73. The maximum atomic E-state index is 13.5. The highest BCUT2D eigenvalue weighted by Crippen LogP contribution is 2.78. The van der Waals surface area contributed by atoms with E-state index in [1.165, 1.54) is 18.9 Å². The molecule has 2 bridgehead atoms. The van der Waals surface area contributed by atoms with Gasteiger partial charge in [-0.2, -0.15) is 0 Å². The maximum Gasteiger partial charge on any atom is 0.339 e. The topological polar surface area (TPSA) is 89.9 Å². The second kappa shape index (κ2) is 9.35. The summed E-state index contributed by atoms with van der Waals surface area (Å²) in [7, 11) is 0. The molecule has 0 amide bonds. The SMILES string of the molecule is CC1(C)CC[C@@]23CC[C@]4(C)C(CC[C@@H]5[C@]6(C)CC[C@@H](OC(=O)c7ccccc7C(=O)O)C(C)(C)[C@H]6CC[C@@]54C)[C@@H]2[C@@H]1OC3=O. The Morgan fingerprint density at radius 1 is 0.795 bits per heavy atom. The fraction of sp³-hybridized carbons (Fsp3) is 0.763. The molecule has 10 atom stereocenters. The van der Waals surface area contributed by atoms with Crippen molar-refractivity contribution >= 4 is 17.9 Å². The maximum absolute atomic E-state index is 13.5. The van der Waals surface area contributed by atoms with Crippen molar-refractivity contribution in [3.8, 4) is 0 Å². The van der Waals surface area contributed by atoms with E-state index in [0.29, 0.717) is 23.7 Å². The van der Waals surface area contributed by atoms with Crippen LogP contribution in [0.5, 0.6) is 0 Å². The van der Waals surface area contributed by atoms with E-state index in [2.05, 4.69) is 48.5 Å². The monoisotopic (exact) mass is 604 g/mol. The Labute approximate surface area is 263 Å². The van der Waals surface area contributed by atoms with Crippen LogP contribution < -0.4 is 0 Å². The zero-order chi connectivity index (χ0) is 31.7. The molecule has 1 aliphatic heterocycles. The van der Waals surface area contributed by atoms with E-state index in [1.54, 1.807) is 18.2 Å². The summed E-state index contributed by atoms with van der Waals surface area (Å²) in [6, 6.07) is 6.36. The van der Waals surface area contributed by atoms with Crippen LogP contribution >= 0.6 is 0 Å². The Morgan fingerprint density at radius 3 is 2.18 bits per heavy atom. The number of fused-ring (bicyclic) bond motifs is 5. The molecule has 7 rings (SSSR count). The highest BCUT2D eigenvalue weighted by molar-refractivity contribution is 6.02. The lowest BCUT2D eigenvalue weighted by molar-refractivity contribution is -0.252. The third kappa shape index (κ3) is 3.69. The minimum atomic E-state index is -1.11. The average molecular weight is 605 g/mol. The van der Waals surface area contributed by atoms with Crippen LogP contribution in [0.3, 0.4) is 0 Å². The molecule has 1 aromatic rings. The number of carbonyl (C=O) groups is 3. The van der Waals surface area contributed by atoms with E-state index < -0.39 is 11.9 Å². The van der Waals surface area contributed by atoms with Gasteiger partial charge in [0, 0.05) is 16.7 Å². The molecular formula is C38H52O6. The molecule has 1 unspecified atom stereocenters. The van der Waals surface area contributed by atoms with Crippen LogP contribution in [-0.4, -0.2) is 35.2 Å². The molecule has 5 aliphatic carbocycles. The molecule has 0 radical (unpaired) electrons. The summed E-state index contributed by atoms with van der Waals surface area (Å²) in [5.74, 6) is 0.269. The fourth-order valence-corrected chi connectivity index (χ4v) is 13.1. The first-order chi connectivity index (χ1) is 20.5. The average Bonchev–Trinajstić information content (AvgIpc) is 3.22. The van der Waals surface area contributed by atoms with Gasteiger partial charge in [-0.1, -0.05) is 60.6 Å². The molecule has 1 saturated heterocycles. The molecule has 44 heavy (non-hydrogen) atoms. The zero-order valence-electron chi connectivity index (χ0n) is 27.8. The van der Waals surface area contributed by atoms with Gasteiger partial charge in [-0.3, -0.25) is 4.79 Å². The van der Waals surface area contributed by atoms with Crippen LogP contribution in [0.15, 0.2) is 24.3 Å². The smallest absolute Gasteiger partial charge is 0.339 e.